The summed E-state index contributed by atoms with van der Waals surface area (Å²) in [6.07, 6.45) is -3.76. The SMILES string of the molecule is O=C(Nc1ccc(N2CCCN(Cc3cccc(C(F)(F)F)c3)C2=O)cc1)Nc1cccc(Cl)c1. The van der Waals surface area contributed by atoms with Crippen LogP contribution in [0.3, 0.4) is 0 Å². The first-order valence-electron chi connectivity index (χ1n) is 10.9. The van der Waals surface area contributed by atoms with E-state index in [9.17, 15) is 22.8 Å². The van der Waals surface area contributed by atoms with Gasteiger partial charge in [0.15, 0.2) is 0 Å². The fraction of sp³-hybridized carbons (Fsp3) is 0.200. The summed E-state index contributed by atoms with van der Waals surface area (Å²) >= 11 is 5.92. The number of nitrogens with zero attached hydrogens (tertiary/aromatic N) is 2. The third kappa shape index (κ3) is 6.24. The molecular formula is C25H22ClF3N4O2. The number of rotatable bonds is 5. The minimum absolute atomic E-state index is 0.0859. The Hall–Kier alpha value is -3.72. The molecule has 1 fully saturated rings. The van der Waals surface area contributed by atoms with Crippen LogP contribution in [-0.4, -0.2) is 30.1 Å². The van der Waals surface area contributed by atoms with Gasteiger partial charge in [-0.3, -0.25) is 4.90 Å². The molecule has 0 aliphatic carbocycles. The van der Waals surface area contributed by atoms with Crippen LogP contribution in [0.15, 0.2) is 72.8 Å². The lowest BCUT2D eigenvalue weighted by molar-refractivity contribution is -0.137. The van der Waals surface area contributed by atoms with Crippen molar-refractivity contribution < 1.29 is 22.8 Å². The number of urea groups is 2. The molecule has 2 N–H and O–H groups in total. The largest absolute Gasteiger partial charge is 0.416 e. The summed E-state index contributed by atoms with van der Waals surface area (Å²) < 4.78 is 39.1. The molecule has 0 atom stereocenters. The second-order valence-corrected chi connectivity index (χ2v) is 8.48. The molecule has 1 heterocycles. The minimum Gasteiger partial charge on any atom is -0.320 e. The van der Waals surface area contributed by atoms with Crippen molar-refractivity contribution in [2.24, 2.45) is 0 Å². The molecule has 3 aromatic rings. The molecule has 6 nitrogen and oxygen atoms in total. The van der Waals surface area contributed by atoms with Crippen molar-refractivity contribution in [3.05, 3.63) is 88.9 Å². The van der Waals surface area contributed by atoms with Crippen LogP contribution in [0.25, 0.3) is 0 Å². The number of alkyl halides is 3. The molecule has 1 aliphatic heterocycles. The molecule has 0 radical (unpaired) electrons. The Kier molecular flexibility index (Phi) is 7.16. The van der Waals surface area contributed by atoms with Gasteiger partial charge in [-0.15, -0.1) is 0 Å². The molecule has 35 heavy (non-hydrogen) atoms. The molecule has 1 aliphatic rings. The number of hydrogen-bond acceptors (Lipinski definition) is 2. The fourth-order valence-corrected chi connectivity index (χ4v) is 4.01. The van der Waals surface area contributed by atoms with Crippen LogP contribution in [0.2, 0.25) is 5.02 Å². The highest BCUT2D eigenvalue weighted by atomic mass is 35.5. The highest BCUT2D eigenvalue weighted by Gasteiger charge is 2.31. The topological polar surface area (TPSA) is 64.7 Å². The number of hydrogen-bond donors (Lipinski definition) is 2. The summed E-state index contributed by atoms with van der Waals surface area (Å²) in [6, 6.07) is 17.8. The maximum Gasteiger partial charge on any atom is 0.416 e. The molecule has 0 spiro atoms. The van der Waals surface area contributed by atoms with Crippen molar-refractivity contribution in [1.29, 1.82) is 0 Å². The smallest absolute Gasteiger partial charge is 0.320 e. The lowest BCUT2D eigenvalue weighted by Crippen LogP contribution is -2.49. The number of carbonyl (C=O) groups is 2. The molecule has 1 saturated heterocycles. The van der Waals surface area contributed by atoms with Gasteiger partial charge in [0.1, 0.15) is 0 Å². The van der Waals surface area contributed by atoms with E-state index in [1.54, 1.807) is 59.5 Å². The zero-order valence-electron chi connectivity index (χ0n) is 18.5. The summed E-state index contributed by atoms with van der Waals surface area (Å²) in [7, 11) is 0. The summed E-state index contributed by atoms with van der Waals surface area (Å²) in [4.78, 5) is 28.4. The van der Waals surface area contributed by atoms with Gasteiger partial charge < -0.3 is 15.5 Å². The Balaban J connectivity index is 1.39. The summed E-state index contributed by atoms with van der Waals surface area (Å²) in [5.41, 5.74) is 1.38. The first-order chi connectivity index (χ1) is 16.7. The molecule has 182 valence electrons. The van der Waals surface area contributed by atoms with Gasteiger partial charge in [0.05, 0.1) is 5.56 Å². The number of amides is 4. The molecule has 4 rings (SSSR count). The number of halogens is 4. The molecular weight excluding hydrogens is 481 g/mol. The Labute approximate surface area is 205 Å². The maximum atomic E-state index is 13.0. The molecule has 4 amide bonds. The average molecular weight is 503 g/mol. The van der Waals surface area contributed by atoms with E-state index in [1.807, 2.05) is 0 Å². The predicted molar refractivity (Wildman–Crippen MR) is 130 cm³/mol. The number of nitrogens with one attached hydrogen (secondary N) is 2. The number of benzene rings is 3. The van der Waals surface area contributed by atoms with Crippen molar-refractivity contribution >= 4 is 40.7 Å². The van der Waals surface area contributed by atoms with Crippen LogP contribution in [0.5, 0.6) is 0 Å². The van der Waals surface area contributed by atoms with Crippen molar-refractivity contribution in [2.45, 2.75) is 19.1 Å². The lowest BCUT2D eigenvalue weighted by atomic mass is 10.1. The first kappa shape index (κ1) is 24.4. The van der Waals surface area contributed by atoms with Gasteiger partial charge in [0.25, 0.3) is 0 Å². The first-order valence-corrected chi connectivity index (χ1v) is 11.2. The van der Waals surface area contributed by atoms with Crippen LogP contribution < -0.4 is 15.5 Å². The van der Waals surface area contributed by atoms with E-state index < -0.39 is 17.8 Å². The van der Waals surface area contributed by atoms with Gasteiger partial charge in [0, 0.05) is 41.7 Å². The Morgan fingerprint density at radius 2 is 1.63 bits per heavy atom. The molecule has 0 aromatic heterocycles. The third-order valence-electron chi connectivity index (χ3n) is 5.46. The highest BCUT2D eigenvalue weighted by Crippen LogP contribution is 2.30. The van der Waals surface area contributed by atoms with Crippen molar-refractivity contribution in [2.75, 3.05) is 28.6 Å². The lowest BCUT2D eigenvalue weighted by Gasteiger charge is -2.35. The fourth-order valence-electron chi connectivity index (χ4n) is 3.82. The Bertz CT molecular complexity index is 1220. The van der Waals surface area contributed by atoms with Gasteiger partial charge in [-0.25, -0.2) is 9.59 Å². The third-order valence-corrected chi connectivity index (χ3v) is 5.69. The van der Waals surface area contributed by atoms with Crippen LogP contribution in [0.1, 0.15) is 17.5 Å². The molecule has 3 aromatic carbocycles. The summed E-state index contributed by atoms with van der Waals surface area (Å²) in [5, 5.41) is 5.89. The highest BCUT2D eigenvalue weighted by molar-refractivity contribution is 6.30. The quantitative estimate of drug-likeness (QED) is 0.401. The second-order valence-electron chi connectivity index (χ2n) is 8.04. The Morgan fingerprint density at radius 1 is 0.914 bits per heavy atom. The zero-order chi connectivity index (χ0) is 25.0. The monoisotopic (exact) mass is 502 g/mol. The van der Waals surface area contributed by atoms with Crippen LogP contribution in [-0.2, 0) is 12.7 Å². The number of anilines is 3. The Morgan fingerprint density at radius 3 is 2.34 bits per heavy atom. The van der Waals surface area contributed by atoms with Gasteiger partial charge in [-0.1, -0.05) is 29.8 Å². The zero-order valence-corrected chi connectivity index (χ0v) is 19.2. The van der Waals surface area contributed by atoms with Crippen molar-refractivity contribution in [3.63, 3.8) is 0 Å². The minimum atomic E-state index is -4.44. The van der Waals surface area contributed by atoms with E-state index in [-0.39, 0.29) is 12.6 Å². The average Bonchev–Trinajstić information content (AvgIpc) is 2.81. The van der Waals surface area contributed by atoms with E-state index in [4.69, 9.17) is 11.6 Å². The van der Waals surface area contributed by atoms with Gasteiger partial charge >= 0.3 is 18.2 Å². The van der Waals surface area contributed by atoms with Gasteiger partial charge in [-0.05, 0) is 66.6 Å². The van der Waals surface area contributed by atoms with E-state index in [0.29, 0.717) is 47.2 Å². The standard InChI is InChI=1S/C25H22ClF3N4O2/c26-19-6-2-7-21(15-19)31-23(34)30-20-8-10-22(11-9-20)33-13-3-12-32(24(33)35)16-17-4-1-5-18(14-17)25(27,28)29/h1-2,4-11,14-15H,3,12-13,16H2,(H2,30,31,34). The van der Waals surface area contributed by atoms with Crippen LogP contribution >= 0.6 is 11.6 Å². The van der Waals surface area contributed by atoms with Crippen LogP contribution in [0.4, 0.5) is 39.8 Å². The van der Waals surface area contributed by atoms with Gasteiger partial charge in [-0.2, -0.15) is 13.2 Å². The van der Waals surface area contributed by atoms with E-state index in [0.717, 1.165) is 12.1 Å². The molecule has 0 unspecified atom stereocenters. The second kappa shape index (κ2) is 10.3. The van der Waals surface area contributed by atoms with Gasteiger partial charge in [0.2, 0.25) is 0 Å². The van der Waals surface area contributed by atoms with E-state index >= 15 is 0 Å². The van der Waals surface area contributed by atoms with E-state index in [2.05, 4.69) is 10.6 Å². The maximum absolute atomic E-state index is 13.0. The summed E-state index contributed by atoms with van der Waals surface area (Å²) in [6.45, 7) is 1.03. The van der Waals surface area contributed by atoms with E-state index in [1.165, 1.54) is 11.0 Å². The summed E-state index contributed by atoms with van der Waals surface area (Å²) in [5.74, 6) is 0. The normalized spacial score (nSPS) is 14.1. The predicted octanol–water partition coefficient (Wildman–Crippen LogP) is 6.84. The van der Waals surface area contributed by atoms with Crippen LogP contribution in [0, 0.1) is 0 Å². The number of carbonyl (C=O) groups excluding carboxylic acids is 2. The molecule has 0 saturated carbocycles. The molecule has 0 bridgehead atoms. The molecule has 10 heteroatoms. The van der Waals surface area contributed by atoms with Crippen molar-refractivity contribution in [3.8, 4) is 0 Å². The van der Waals surface area contributed by atoms with Crippen molar-refractivity contribution in [1.82, 2.24) is 4.90 Å².